The summed E-state index contributed by atoms with van der Waals surface area (Å²) in [5.74, 6) is 1.06. The Morgan fingerprint density at radius 3 is 2.77 bits per heavy atom. The lowest BCUT2D eigenvalue weighted by Crippen LogP contribution is -2.54. The molecule has 3 fully saturated rings. The summed E-state index contributed by atoms with van der Waals surface area (Å²) in [7, 11) is 0. The van der Waals surface area contributed by atoms with Crippen LogP contribution in [0.1, 0.15) is 24.8 Å². The lowest BCUT2D eigenvalue weighted by molar-refractivity contribution is 0.0318. The number of hydrogen-bond acceptors (Lipinski definition) is 5. The number of fused-ring (bicyclic) bond motifs is 1. The summed E-state index contributed by atoms with van der Waals surface area (Å²) in [6, 6.07) is 9.36. The van der Waals surface area contributed by atoms with Gasteiger partial charge in [0.25, 0.3) is 0 Å². The lowest BCUT2D eigenvalue weighted by Gasteiger charge is -2.44. The van der Waals surface area contributed by atoms with E-state index in [4.69, 9.17) is 9.47 Å². The van der Waals surface area contributed by atoms with Crippen LogP contribution in [0.4, 0.5) is 0 Å². The van der Waals surface area contributed by atoms with Crippen LogP contribution in [0.25, 0.3) is 0 Å². The van der Waals surface area contributed by atoms with Crippen molar-refractivity contribution in [1.29, 1.82) is 0 Å². The maximum Gasteiger partial charge on any atom is 0.123 e. The fourth-order valence-corrected chi connectivity index (χ4v) is 4.49. The summed E-state index contributed by atoms with van der Waals surface area (Å²) >= 11 is 0. The van der Waals surface area contributed by atoms with Gasteiger partial charge >= 0.3 is 0 Å². The van der Waals surface area contributed by atoms with Gasteiger partial charge in [-0.2, -0.15) is 0 Å². The molecule has 3 aliphatic heterocycles. The molecular formula is C21H33N3O2. The van der Waals surface area contributed by atoms with E-state index in [2.05, 4.69) is 39.0 Å². The van der Waals surface area contributed by atoms with Gasteiger partial charge in [-0.3, -0.25) is 14.7 Å². The van der Waals surface area contributed by atoms with Crippen LogP contribution < -0.4 is 4.74 Å². The van der Waals surface area contributed by atoms with E-state index in [0.717, 1.165) is 57.8 Å². The maximum absolute atomic E-state index is 6.17. The Morgan fingerprint density at radius 2 is 1.85 bits per heavy atom. The van der Waals surface area contributed by atoms with E-state index < -0.39 is 0 Å². The number of ether oxygens (including phenoxy) is 2. The van der Waals surface area contributed by atoms with Crippen LogP contribution in [-0.2, 0) is 11.3 Å². The third-order valence-corrected chi connectivity index (χ3v) is 6.06. The van der Waals surface area contributed by atoms with Crippen LogP contribution >= 0.6 is 0 Å². The third kappa shape index (κ3) is 4.77. The van der Waals surface area contributed by atoms with Gasteiger partial charge in [0.05, 0.1) is 13.2 Å². The molecule has 0 saturated carbocycles. The quantitative estimate of drug-likeness (QED) is 0.775. The van der Waals surface area contributed by atoms with Gasteiger partial charge in [-0.1, -0.05) is 24.6 Å². The first-order chi connectivity index (χ1) is 12.9. The molecule has 3 aliphatic rings. The summed E-state index contributed by atoms with van der Waals surface area (Å²) in [6.45, 7) is 11.4. The number of piperazine rings is 1. The van der Waals surface area contributed by atoms with Crippen molar-refractivity contribution in [2.75, 3.05) is 65.6 Å². The van der Waals surface area contributed by atoms with Gasteiger partial charge in [0.2, 0.25) is 0 Å². The molecule has 0 amide bonds. The Labute approximate surface area is 157 Å². The minimum Gasteiger partial charge on any atom is -0.492 e. The number of piperidine rings is 1. The molecule has 144 valence electrons. The molecule has 3 heterocycles. The van der Waals surface area contributed by atoms with Crippen molar-refractivity contribution in [2.24, 2.45) is 0 Å². The third-order valence-electron chi connectivity index (χ3n) is 6.06. The zero-order valence-electron chi connectivity index (χ0n) is 15.9. The van der Waals surface area contributed by atoms with Crippen LogP contribution in [0, 0.1) is 0 Å². The standard InChI is InChI=1S/C21H33N3O2/c1-2-7-21(26-16-13-22-11-14-25-15-12-22)19(5-1)17-23-9-10-24-8-4-3-6-20(24)18-23/h1-2,5,7,20H,3-4,6,8-18H2/t20-/m0/s1. The number of morpholine rings is 1. The Balaban J connectivity index is 1.29. The van der Waals surface area contributed by atoms with Crippen LogP contribution in [0.3, 0.4) is 0 Å². The molecule has 5 nitrogen and oxygen atoms in total. The van der Waals surface area contributed by atoms with Crippen LogP contribution in [0.2, 0.25) is 0 Å². The van der Waals surface area contributed by atoms with Crippen molar-refractivity contribution >= 4 is 0 Å². The molecule has 1 aromatic carbocycles. The van der Waals surface area contributed by atoms with E-state index in [9.17, 15) is 0 Å². The maximum atomic E-state index is 6.17. The van der Waals surface area contributed by atoms with Gasteiger partial charge in [0.15, 0.2) is 0 Å². The average Bonchev–Trinajstić information content (AvgIpc) is 2.70. The van der Waals surface area contributed by atoms with Crippen molar-refractivity contribution < 1.29 is 9.47 Å². The molecule has 0 bridgehead atoms. The van der Waals surface area contributed by atoms with Gasteiger partial charge in [-0.25, -0.2) is 0 Å². The minimum absolute atomic E-state index is 0.757. The van der Waals surface area contributed by atoms with E-state index in [1.165, 1.54) is 51.0 Å². The highest BCUT2D eigenvalue weighted by molar-refractivity contribution is 5.33. The van der Waals surface area contributed by atoms with Crippen LogP contribution in [0.15, 0.2) is 24.3 Å². The van der Waals surface area contributed by atoms with E-state index in [0.29, 0.717) is 0 Å². The highest BCUT2D eigenvalue weighted by Crippen LogP contribution is 2.25. The molecule has 3 saturated heterocycles. The number of para-hydroxylation sites is 1. The van der Waals surface area contributed by atoms with Crippen molar-refractivity contribution in [1.82, 2.24) is 14.7 Å². The summed E-state index contributed by atoms with van der Waals surface area (Å²) in [5, 5.41) is 0. The van der Waals surface area contributed by atoms with Crippen molar-refractivity contribution in [3.8, 4) is 5.75 Å². The average molecular weight is 360 g/mol. The van der Waals surface area contributed by atoms with E-state index in [1.807, 2.05) is 0 Å². The van der Waals surface area contributed by atoms with Crippen molar-refractivity contribution in [3.63, 3.8) is 0 Å². The minimum atomic E-state index is 0.757. The first-order valence-electron chi connectivity index (χ1n) is 10.4. The molecule has 26 heavy (non-hydrogen) atoms. The predicted octanol–water partition coefficient (Wildman–Crippen LogP) is 2.07. The Morgan fingerprint density at radius 1 is 0.962 bits per heavy atom. The highest BCUT2D eigenvalue weighted by Gasteiger charge is 2.29. The van der Waals surface area contributed by atoms with Gasteiger partial charge in [-0.05, 0) is 25.5 Å². The molecule has 0 spiro atoms. The fourth-order valence-electron chi connectivity index (χ4n) is 4.49. The summed E-state index contributed by atoms with van der Waals surface area (Å²) in [4.78, 5) is 7.75. The predicted molar refractivity (Wildman–Crippen MR) is 104 cm³/mol. The molecule has 0 aromatic heterocycles. The monoisotopic (exact) mass is 359 g/mol. The second kappa shape index (κ2) is 9.18. The molecular weight excluding hydrogens is 326 g/mol. The Hall–Kier alpha value is -1.14. The molecule has 1 atom stereocenters. The molecule has 4 rings (SSSR count). The second-order valence-electron chi connectivity index (χ2n) is 7.83. The molecule has 5 heteroatoms. The van der Waals surface area contributed by atoms with Crippen LogP contribution in [0.5, 0.6) is 5.75 Å². The smallest absolute Gasteiger partial charge is 0.123 e. The first-order valence-corrected chi connectivity index (χ1v) is 10.4. The van der Waals surface area contributed by atoms with Gasteiger partial charge < -0.3 is 9.47 Å². The zero-order chi connectivity index (χ0) is 17.6. The molecule has 1 aromatic rings. The van der Waals surface area contributed by atoms with E-state index >= 15 is 0 Å². The number of benzene rings is 1. The largest absolute Gasteiger partial charge is 0.492 e. The summed E-state index contributed by atoms with van der Waals surface area (Å²) in [6.07, 6.45) is 4.15. The Bertz CT molecular complexity index is 562. The normalized spacial score (nSPS) is 25.8. The number of hydrogen-bond donors (Lipinski definition) is 0. The van der Waals surface area contributed by atoms with Crippen molar-refractivity contribution in [2.45, 2.75) is 31.8 Å². The molecule has 0 N–H and O–H groups in total. The van der Waals surface area contributed by atoms with E-state index in [-0.39, 0.29) is 0 Å². The van der Waals surface area contributed by atoms with E-state index in [1.54, 1.807) is 0 Å². The summed E-state index contributed by atoms with van der Waals surface area (Å²) in [5.41, 5.74) is 1.33. The Kier molecular flexibility index (Phi) is 6.44. The van der Waals surface area contributed by atoms with Gasteiger partial charge in [0.1, 0.15) is 12.4 Å². The van der Waals surface area contributed by atoms with Gasteiger partial charge in [-0.15, -0.1) is 0 Å². The fraction of sp³-hybridized carbons (Fsp3) is 0.714. The van der Waals surface area contributed by atoms with Gasteiger partial charge in [0, 0.05) is 57.4 Å². The van der Waals surface area contributed by atoms with Crippen molar-refractivity contribution in [3.05, 3.63) is 29.8 Å². The van der Waals surface area contributed by atoms with Crippen LogP contribution in [-0.4, -0.2) is 86.4 Å². The SMILES string of the molecule is c1ccc(OCCN2CCOCC2)c(CN2CCN3CCCC[C@H]3C2)c1. The number of rotatable bonds is 6. The summed E-state index contributed by atoms with van der Waals surface area (Å²) < 4.78 is 11.6. The number of nitrogens with zero attached hydrogens (tertiary/aromatic N) is 3. The zero-order valence-corrected chi connectivity index (χ0v) is 15.9. The second-order valence-corrected chi connectivity index (χ2v) is 7.83. The highest BCUT2D eigenvalue weighted by atomic mass is 16.5. The first kappa shape index (κ1) is 18.2. The topological polar surface area (TPSA) is 28.2 Å². The lowest BCUT2D eigenvalue weighted by atomic mass is 9.99. The molecule has 0 radical (unpaired) electrons. The molecule has 0 unspecified atom stereocenters. The molecule has 0 aliphatic carbocycles.